The SMILES string of the molecule is O=S(=O)([O-])C(F)(F)F.c1ccc2c([S+]3CCCC3)ccc(OC3CCCCO3)c2c1. The Morgan fingerprint density at radius 2 is 1.63 bits per heavy atom. The van der Waals surface area contributed by atoms with Crippen molar-refractivity contribution in [3.63, 3.8) is 0 Å². The molecule has 166 valence electrons. The third-order valence-electron chi connectivity index (χ3n) is 4.87. The van der Waals surface area contributed by atoms with E-state index in [1.165, 1.54) is 46.4 Å². The van der Waals surface area contributed by atoms with Crippen LogP contribution in [0.25, 0.3) is 10.8 Å². The van der Waals surface area contributed by atoms with Crippen molar-refractivity contribution in [2.24, 2.45) is 0 Å². The third kappa shape index (κ3) is 5.81. The van der Waals surface area contributed by atoms with Gasteiger partial charge >= 0.3 is 5.51 Å². The molecule has 2 fully saturated rings. The van der Waals surface area contributed by atoms with Gasteiger partial charge < -0.3 is 14.0 Å². The maximum absolute atomic E-state index is 10.7. The molecule has 0 bridgehead atoms. The van der Waals surface area contributed by atoms with Crippen molar-refractivity contribution in [3.8, 4) is 5.75 Å². The molecule has 4 rings (SSSR count). The zero-order valence-corrected chi connectivity index (χ0v) is 17.8. The molecule has 10 heteroatoms. The van der Waals surface area contributed by atoms with Crippen molar-refractivity contribution in [1.29, 1.82) is 0 Å². The first kappa shape index (κ1) is 23.2. The van der Waals surface area contributed by atoms with Gasteiger partial charge in [-0.2, -0.15) is 13.2 Å². The average molecular weight is 465 g/mol. The summed E-state index contributed by atoms with van der Waals surface area (Å²) in [4.78, 5) is 1.53. The van der Waals surface area contributed by atoms with E-state index in [9.17, 15) is 13.2 Å². The Balaban J connectivity index is 0.000000275. The quantitative estimate of drug-likeness (QED) is 0.378. The van der Waals surface area contributed by atoms with E-state index in [2.05, 4.69) is 36.4 Å². The highest BCUT2D eigenvalue weighted by atomic mass is 32.2. The van der Waals surface area contributed by atoms with Crippen LogP contribution in [0.5, 0.6) is 5.75 Å². The largest absolute Gasteiger partial charge is 0.741 e. The fourth-order valence-corrected chi connectivity index (χ4v) is 5.92. The molecule has 1 unspecified atom stereocenters. The Morgan fingerprint density at radius 3 is 2.20 bits per heavy atom. The van der Waals surface area contributed by atoms with Crippen molar-refractivity contribution >= 4 is 31.8 Å². The Kier molecular flexibility index (Phi) is 7.54. The summed E-state index contributed by atoms with van der Waals surface area (Å²) >= 11 is 0. The summed E-state index contributed by atoms with van der Waals surface area (Å²) in [6.07, 6.45) is 6.04. The summed E-state index contributed by atoms with van der Waals surface area (Å²) in [5, 5.41) is 2.62. The van der Waals surface area contributed by atoms with Crippen LogP contribution in [0.15, 0.2) is 41.3 Å². The summed E-state index contributed by atoms with van der Waals surface area (Å²) in [6.45, 7) is 0.824. The van der Waals surface area contributed by atoms with Crippen LogP contribution in [0, 0.1) is 0 Å². The first-order chi connectivity index (χ1) is 14.2. The lowest BCUT2D eigenvalue weighted by Crippen LogP contribution is -2.25. The highest BCUT2D eigenvalue weighted by Crippen LogP contribution is 2.35. The lowest BCUT2D eigenvalue weighted by Gasteiger charge is -2.24. The maximum Gasteiger partial charge on any atom is 0.485 e. The monoisotopic (exact) mass is 464 g/mol. The van der Waals surface area contributed by atoms with Gasteiger partial charge in [0.25, 0.3) is 0 Å². The van der Waals surface area contributed by atoms with Crippen molar-refractivity contribution in [3.05, 3.63) is 36.4 Å². The van der Waals surface area contributed by atoms with Gasteiger partial charge in [0.05, 0.1) is 6.61 Å². The minimum absolute atomic E-state index is 0.0723. The van der Waals surface area contributed by atoms with E-state index >= 15 is 0 Å². The van der Waals surface area contributed by atoms with Gasteiger partial charge in [-0.3, -0.25) is 0 Å². The van der Waals surface area contributed by atoms with E-state index in [0.717, 1.165) is 25.2 Å². The molecular formula is C20H23F3O5S2. The fraction of sp³-hybridized carbons (Fsp3) is 0.500. The van der Waals surface area contributed by atoms with Crippen molar-refractivity contribution < 1.29 is 35.6 Å². The fourth-order valence-electron chi connectivity index (χ4n) is 3.42. The van der Waals surface area contributed by atoms with E-state index in [1.807, 2.05) is 0 Å². The molecular weight excluding hydrogens is 441 g/mol. The summed E-state index contributed by atoms with van der Waals surface area (Å²) in [7, 11) is -5.66. The van der Waals surface area contributed by atoms with Crippen LogP contribution in [0.3, 0.4) is 0 Å². The number of halogens is 3. The number of fused-ring (bicyclic) bond motifs is 1. The number of rotatable bonds is 3. The molecule has 0 aromatic heterocycles. The molecule has 30 heavy (non-hydrogen) atoms. The summed E-state index contributed by atoms with van der Waals surface area (Å²) in [5.41, 5.74) is -5.65. The van der Waals surface area contributed by atoms with Crippen LogP contribution in [-0.2, 0) is 25.7 Å². The highest BCUT2D eigenvalue weighted by molar-refractivity contribution is 7.97. The predicted molar refractivity (Wildman–Crippen MR) is 109 cm³/mol. The molecule has 0 spiro atoms. The lowest BCUT2D eigenvalue weighted by atomic mass is 10.1. The van der Waals surface area contributed by atoms with Crippen molar-refractivity contribution in [2.75, 3.05) is 18.1 Å². The highest BCUT2D eigenvalue weighted by Gasteiger charge is 2.37. The second-order valence-corrected chi connectivity index (χ2v) is 10.6. The zero-order chi connectivity index (χ0) is 21.8. The van der Waals surface area contributed by atoms with Crippen LogP contribution < -0.4 is 4.74 Å². The molecule has 0 radical (unpaired) electrons. The van der Waals surface area contributed by atoms with E-state index in [-0.39, 0.29) is 6.29 Å². The molecule has 0 aliphatic carbocycles. The van der Waals surface area contributed by atoms with Crippen molar-refractivity contribution in [1.82, 2.24) is 0 Å². The summed E-state index contributed by atoms with van der Waals surface area (Å²) in [6, 6.07) is 13.2. The van der Waals surface area contributed by atoms with E-state index in [1.54, 1.807) is 0 Å². The van der Waals surface area contributed by atoms with Gasteiger partial charge in [0, 0.05) is 28.1 Å². The number of alkyl halides is 3. The molecule has 5 nitrogen and oxygen atoms in total. The van der Waals surface area contributed by atoms with Gasteiger partial charge in [0.15, 0.2) is 21.3 Å². The van der Waals surface area contributed by atoms with Crippen LogP contribution >= 0.6 is 0 Å². The minimum Gasteiger partial charge on any atom is -0.741 e. The molecule has 2 saturated heterocycles. The van der Waals surface area contributed by atoms with Crippen molar-refractivity contribution in [2.45, 2.75) is 48.8 Å². The van der Waals surface area contributed by atoms with Gasteiger partial charge in [-0.1, -0.05) is 18.2 Å². The Morgan fingerprint density at radius 1 is 1.00 bits per heavy atom. The number of ether oxygens (including phenoxy) is 2. The van der Waals surface area contributed by atoms with E-state index < -0.39 is 15.6 Å². The Bertz CT molecular complexity index is 951. The molecule has 0 saturated carbocycles. The minimum atomic E-state index is -6.09. The molecule has 0 amide bonds. The van der Waals surface area contributed by atoms with Crippen LogP contribution in [0.4, 0.5) is 13.2 Å². The standard InChI is InChI=1S/C19H23O2S.CHF3O3S/c1-2-8-16-15(7-1)17(21-19-9-3-4-12-20-19)10-11-18(16)22-13-5-6-14-22;2-1(3,4)8(5,6)7/h1-2,7-8,10-11,19H,3-6,9,12-14H2;(H,5,6,7)/q+1;/p-1. The average Bonchev–Trinajstić information content (AvgIpc) is 3.23. The zero-order valence-electron chi connectivity index (χ0n) is 16.2. The second-order valence-electron chi connectivity index (χ2n) is 7.03. The number of hydrogen-bond acceptors (Lipinski definition) is 5. The Labute approximate surface area is 176 Å². The second kappa shape index (κ2) is 9.76. The van der Waals surface area contributed by atoms with Crippen LogP contribution in [0.1, 0.15) is 32.1 Å². The van der Waals surface area contributed by atoms with E-state index in [0.29, 0.717) is 10.9 Å². The molecule has 1 atom stereocenters. The number of benzene rings is 2. The molecule has 2 aliphatic rings. The maximum atomic E-state index is 10.7. The number of hydrogen-bond donors (Lipinski definition) is 0. The summed E-state index contributed by atoms with van der Waals surface area (Å²) < 4.78 is 70.8. The van der Waals surface area contributed by atoms with Gasteiger partial charge in [-0.05, 0) is 43.9 Å². The van der Waals surface area contributed by atoms with Gasteiger partial charge in [-0.15, -0.1) is 0 Å². The normalized spacial score (nSPS) is 20.6. The molecule has 2 heterocycles. The topological polar surface area (TPSA) is 75.7 Å². The van der Waals surface area contributed by atoms with Crippen LogP contribution in [-0.4, -0.2) is 42.9 Å². The molecule has 2 aromatic rings. The molecule has 0 N–H and O–H groups in total. The predicted octanol–water partition coefficient (Wildman–Crippen LogP) is 4.57. The molecule has 2 aromatic carbocycles. The smallest absolute Gasteiger partial charge is 0.485 e. The first-order valence-corrected chi connectivity index (χ1v) is 12.6. The van der Waals surface area contributed by atoms with Crippen LogP contribution in [0.2, 0.25) is 0 Å². The molecule has 2 aliphatic heterocycles. The third-order valence-corrected chi connectivity index (χ3v) is 7.97. The first-order valence-electron chi connectivity index (χ1n) is 9.66. The lowest BCUT2D eigenvalue weighted by molar-refractivity contribution is -0.105. The van der Waals surface area contributed by atoms with Gasteiger partial charge in [0.2, 0.25) is 0 Å². The summed E-state index contributed by atoms with van der Waals surface area (Å²) in [5.74, 6) is 3.69. The van der Waals surface area contributed by atoms with Gasteiger partial charge in [-0.25, -0.2) is 8.42 Å². The Hall–Kier alpha value is -1.49. The van der Waals surface area contributed by atoms with Gasteiger partial charge in [0.1, 0.15) is 17.3 Å². The van der Waals surface area contributed by atoms with E-state index in [4.69, 9.17) is 22.4 Å².